The third-order valence-electron chi connectivity index (χ3n) is 3.56. The normalized spacial score (nSPS) is 10.2. The minimum absolute atomic E-state index is 0.0352. The first-order valence-corrected chi connectivity index (χ1v) is 7.95. The Balaban J connectivity index is 1.75. The Bertz CT molecular complexity index is 679. The molecular formula is C19H22N2O3. The van der Waals surface area contributed by atoms with Crippen molar-refractivity contribution in [2.45, 2.75) is 26.3 Å². The molecule has 0 atom stereocenters. The molecule has 0 heterocycles. The molecule has 24 heavy (non-hydrogen) atoms. The Morgan fingerprint density at radius 2 is 1.62 bits per heavy atom. The number of carbonyl (C=O) groups is 2. The summed E-state index contributed by atoms with van der Waals surface area (Å²) >= 11 is 0. The van der Waals surface area contributed by atoms with Crippen molar-refractivity contribution in [3.8, 4) is 5.75 Å². The van der Waals surface area contributed by atoms with Crippen LogP contribution >= 0.6 is 0 Å². The van der Waals surface area contributed by atoms with Gasteiger partial charge >= 0.3 is 0 Å². The third kappa shape index (κ3) is 5.43. The van der Waals surface area contributed by atoms with E-state index in [4.69, 9.17) is 10.5 Å². The SMILES string of the molecule is CCCc1ccc(OCC(=O)NCc2ccc(C(N)=O)cc2)cc1. The third-order valence-corrected chi connectivity index (χ3v) is 3.56. The average molecular weight is 326 g/mol. The molecular weight excluding hydrogens is 304 g/mol. The summed E-state index contributed by atoms with van der Waals surface area (Å²) in [7, 11) is 0. The van der Waals surface area contributed by atoms with Crippen LogP contribution < -0.4 is 15.8 Å². The lowest BCUT2D eigenvalue weighted by Gasteiger charge is -2.08. The van der Waals surface area contributed by atoms with Gasteiger partial charge in [0.2, 0.25) is 5.91 Å². The Hall–Kier alpha value is -2.82. The minimum Gasteiger partial charge on any atom is -0.484 e. The van der Waals surface area contributed by atoms with Gasteiger partial charge in [-0.1, -0.05) is 37.6 Å². The highest BCUT2D eigenvalue weighted by atomic mass is 16.5. The Kier molecular flexibility index (Phi) is 6.37. The number of aryl methyl sites for hydroxylation is 1. The van der Waals surface area contributed by atoms with Gasteiger partial charge in [0.1, 0.15) is 5.75 Å². The maximum Gasteiger partial charge on any atom is 0.258 e. The van der Waals surface area contributed by atoms with E-state index in [0.717, 1.165) is 18.4 Å². The van der Waals surface area contributed by atoms with Crippen LogP contribution in [0.5, 0.6) is 5.75 Å². The van der Waals surface area contributed by atoms with Gasteiger partial charge in [-0.3, -0.25) is 9.59 Å². The number of hydrogen-bond acceptors (Lipinski definition) is 3. The molecule has 2 rings (SSSR count). The van der Waals surface area contributed by atoms with Crippen molar-refractivity contribution in [2.24, 2.45) is 5.73 Å². The molecule has 2 aromatic rings. The maximum absolute atomic E-state index is 11.8. The van der Waals surface area contributed by atoms with E-state index in [2.05, 4.69) is 12.2 Å². The van der Waals surface area contributed by atoms with Crippen LogP contribution in [0.2, 0.25) is 0 Å². The smallest absolute Gasteiger partial charge is 0.258 e. The number of ether oxygens (including phenoxy) is 1. The number of amides is 2. The number of nitrogens with two attached hydrogens (primary N) is 1. The van der Waals surface area contributed by atoms with Crippen molar-refractivity contribution in [3.05, 3.63) is 65.2 Å². The zero-order valence-electron chi connectivity index (χ0n) is 13.7. The fourth-order valence-electron chi connectivity index (χ4n) is 2.23. The van der Waals surface area contributed by atoms with E-state index in [9.17, 15) is 9.59 Å². The molecule has 5 heteroatoms. The molecule has 0 unspecified atom stereocenters. The van der Waals surface area contributed by atoms with Gasteiger partial charge in [-0.2, -0.15) is 0 Å². The molecule has 0 saturated heterocycles. The molecule has 0 fully saturated rings. The Morgan fingerprint density at radius 3 is 2.21 bits per heavy atom. The van der Waals surface area contributed by atoms with Crippen LogP contribution in [-0.4, -0.2) is 18.4 Å². The van der Waals surface area contributed by atoms with E-state index in [0.29, 0.717) is 17.9 Å². The van der Waals surface area contributed by atoms with Crippen LogP contribution in [0.1, 0.15) is 34.8 Å². The quantitative estimate of drug-likeness (QED) is 0.782. The van der Waals surface area contributed by atoms with Gasteiger partial charge in [0.05, 0.1) is 0 Å². The average Bonchev–Trinajstić information content (AvgIpc) is 2.60. The van der Waals surface area contributed by atoms with Crippen LogP contribution in [0.4, 0.5) is 0 Å². The van der Waals surface area contributed by atoms with Gasteiger partial charge in [0.15, 0.2) is 6.61 Å². The number of nitrogens with one attached hydrogen (secondary N) is 1. The van der Waals surface area contributed by atoms with Crippen molar-refractivity contribution in [1.82, 2.24) is 5.32 Å². The van der Waals surface area contributed by atoms with E-state index in [1.165, 1.54) is 5.56 Å². The molecule has 5 nitrogen and oxygen atoms in total. The number of rotatable bonds is 8. The van der Waals surface area contributed by atoms with E-state index >= 15 is 0 Å². The highest BCUT2D eigenvalue weighted by Gasteiger charge is 2.04. The molecule has 0 bridgehead atoms. The van der Waals surface area contributed by atoms with Gasteiger partial charge in [-0.25, -0.2) is 0 Å². The molecule has 2 aromatic carbocycles. The van der Waals surface area contributed by atoms with Crippen molar-refractivity contribution in [3.63, 3.8) is 0 Å². The molecule has 0 spiro atoms. The molecule has 0 aromatic heterocycles. The van der Waals surface area contributed by atoms with E-state index in [-0.39, 0.29) is 12.5 Å². The molecule has 0 saturated carbocycles. The zero-order valence-corrected chi connectivity index (χ0v) is 13.7. The standard InChI is InChI=1S/C19H22N2O3/c1-2-3-14-6-10-17(11-7-14)24-13-18(22)21-12-15-4-8-16(9-5-15)19(20)23/h4-11H,2-3,12-13H2,1H3,(H2,20,23)(H,21,22). The lowest BCUT2D eigenvalue weighted by Crippen LogP contribution is -2.28. The van der Waals surface area contributed by atoms with Gasteiger partial charge in [-0.05, 0) is 41.8 Å². The van der Waals surface area contributed by atoms with E-state index < -0.39 is 5.91 Å². The van der Waals surface area contributed by atoms with Crippen LogP contribution in [0.15, 0.2) is 48.5 Å². The maximum atomic E-state index is 11.8. The molecule has 0 aliphatic heterocycles. The highest BCUT2D eigenvalue weighted by Crippen LogP contribution is 2.13. The minimum atomic E-state index is -0.469. The molecule has 2 amide bonds. The number of benzene rings is 2. The predicted octanol–water partition coefficient (Wildman–Crippen LogP) is 2.43. The van der Waals surface area contributed by atoms with Crippen molar-refractivity contribution in [2.75, 3.05) is 6.61 Å². The number of hydrogen-bond donors (Lipinski definition) is 2. The first kappa shape index (κ1) is 17.5. The predicted molar refractivity (Wildman–Crippen MR) is 92.7 cm³/mol. The summed E-state index contributed by atoms with van der Waals surface area (Å²) in [6.07, 6.45) is 2.14. The molecule has 126 valence electrons. The van der Waals surface area contributed by atoms with Crippen LogP contribution in [0.3, 0.4) is 0 Å². The van der Waals surface area contributed by atoms with Gasteiger partial charge in [0.25, 0.3) is 5.91 Å². The van der Waals surface area contributed by atoms with Crippen molar-refractivity contribution >= 4 is 11.8 Å². The summed E-state index contributed by atoms with van der Waals surface area (Å²) < 4.78 is 5.47. The van der Waals surface area contributed by atoms with Gasteiger partial charge in [0, 0.05) is 12.1 Å². The second-order valence-corrected chi connectivity index (χ2v) is 5.52. The van der Waals surface area contributed by atoms with Crippen LogP contribution in [0.25, 0.3) is 0 Å². The molecule has 0 aliphatic rings. The summed E-state index contributed by atoms with van der Waals surface area (Å²) in [5, 5.41) is 2.77. The summed E-state index contributed by atoms with van der Waals surface area (Å²) in [6, 6.07) is 14.6. The fourth-order valence-corrected chi connectivity index (χ4v) is 2.23. The highest BCUT2D eigenvalue weighted by molar-refractivity contribution is 5.92. The Labute approximate surface area is 141 Å². The first-order valence-electron chi connectivity index (χ1n) is 7.95. The van der Waals surface area contributed by atoms with E-state index in [1.54, 1.807) is 24.3 Å². The monoisotopic (exact) mass is 326 g/mol. The molecule has 0 radical (unpaired) electrons. The topological polar surface area (TPSA) is 81.4 Å². The van der Waals surface area contributed by atoms with Crippen molar-refractivity contribution < 1.29 is 14.3 Å². The lowest BCUT2D eigenvalue weighted by atomic mass is 10.1. The second-order valence-electron chi connectivity index (χ2n) is 5.52. The van der Waals surface area contributed by atoms with Gasteiger partial charge < -0.3 is 15.8 Å². The van der Waals surface area contributed by atoms with Crippen molar-refractivity contribution in [1.29, 1.82) is 0 Å². The van der Waals surface area contributed by atoms with E-state index in [1.807, 2.05) is 24.3 Å². The second kappa shape index (κ2) is 8.72. The van der Waals surface area contributed by atoms with Crippen LogP contribution in [-0.2, 0) is 17.8 Å². The van der Waals surface area contributed by atoms with Crippen LogP contribution in [0, 0.1) is 0 Å². The molecule has 0 aliphatic carbocycles. The molecule has 3 N–H and O–H groups in total. The number of carbonyl (C=O) groups excluding carboxylic acids is 2. The summed E-state index contributed by atoms with van der Waals surface area (Å²) in [4.78, 5) is 22.8. The first-order chi connectivity index (χ1) is 11.6. The summed E-state index contributed by atoms with van der Waals surface area (Å²) in [5.41, 5.74) is 7.77. The fraction of sp³-hybridized carbons (Fsp3) is 0.263. The largest absolute Gasteiger partial charge is 0.484 e. The lowest BCUT2D eigenvalue weighted by molar-refractivity contribution is -0.123. The van der Waals surface area contributed by atoms with Gasteiger partial charge in [-0.15, -0.1) is 0 Å². The summed E-state index contributed by atoms with van der Waals surface area (Å²) in [5.74, 6) is 0.00590. The zero-order chi connectivity index (χ0) is 17.4. The number of primary amides is 1. The summed E-state index contributed by atoms with van der Waals surface area (Å²) in [6.45, 7) is 2.47. The Morgan fingerprint density at radius 1 is 1.00 bits per heavy atom.